The summed E-state index contributed by atoms with van der Waals surface area (Å²) in [6.07, 6.45) is 12.6. The molecule has 0 aromatic carbocycles. The third-order valence-corrected chi connectivity index (χ3v) is 5.38. The average Bonchev–Trinajstić information content (AvgIpc) is 2.38. The molecule has 1 aliphatic rings. The highest BCUT2D eigenvalue weighted by atomic mass is 16.5. The Hall–Kier alpha value is -0.530. The number of esters is 1. The first-order valence-corrected chi connectivity index (χ1v) is 8.55. The predicted molar refractivity (Wildman–Crippen MR) is 84.7 cm³/mol. The fourth-order valence-electron chi connectivity index (χ4n) is 2.84. The summed E-state index contributed by atoms with van der Waals surface area (Å²) in [5.41, 5.74) is -0.391. The SMILES string of the molecule is CC1(C)CCCCCCCCCCCOC(=O)C1(C)C. The fraction of sp³-hybridized carbons (Fsp3) is 0.944. The van der Waals surface area contributed by atoms with Gasteiger partial charge in [0.15, 0.2) is 0 Å². The number of carbonyl (C=O) groups excluding carboxylic acids is 1. The van der Waals surface area contributed by atoms with Gasteiger partial charge in [0.25, 0.3) is 0 Å². The van der Waals surface area contributed by atoms with Crippen LogP contribution in [0.25, 0.3) is 0 Å². The first-order chi connectivity index (χ1) is 9.38. The summed E-state index contributed by atoms with van der Waals surface area (Å²) in [5.74, 6) is -0.0163. The van der Waals surface area contributed by atoms with Gasteiger partial charge in [0, 0.05) is 0 Å². The largest absolute Gasteiger partial charge is 0.465 e. The molecule has 0 aliphatic carbocycles. The quantitative estimate of drug-likeness (QED) is 0.549. The van der Waals surface area contributed by atoms with Crippen LogP contribution in [-0.2, 0) is 9.53 Å². The lowest BCUT2D eigenvalue weighted by atomic mass is 9.65. The van der Waals surface area contributed by atoms with Crippen molar-refractivity contribution in [3.63, 3.8) is 0 Å². The Kier molecular flexibility index (Phi) is 7.05. The van der Waals surface area contributed by atoms with Crippen molar-refractivity contribution in [2.24, 2.45) is 10.8 Å². The highest BCUT2D eigenvalue weighted by molar-refractivity contribution is 5.76. The number of rotatable bonds is 0. The third kappa shape index (κ3) is 5.10. The number of carbonyl (C=O) groups is 1. The van der Waals surface area contributed by atoms with E-state index in [0.717, 1.165) is 12.8 Å². The average molecular weight is 282 g/mol. The minimum atomic E-state index is -0.396. The lowest BCUT2D eigenvalue weighted by Gasteiger charge is -2.39. The molecule has 0 aromatic rings. The topological polar surface area (TPSA) is 26.3 Å². The van der Waals surface area contributed by atoms with Gasteiger partial charge < -0.3 is 4.74 Å². The number of ether oxygens (including phenoxy) is 1. The molecule has 0 unspecified atom stereocenters. The van der Waals surface area contributed by atoms with Gasteiger partial charge in [-0.25, -0.2) is 0 Å². The Morgan fingerprint density at radius 1 is 0.750 bits per heavy atom. The number of hydrogen-bond donors (Lipinski definition) is 0. The lowest BCUT2D eigenvalue weighted by molar-refractivity contribution is -0.161. The Balaban J connectivity index is 2.62. The van der Waals surface area contributed by atoms with E-state index in [0.29, 0.717) is 6.61 Å². The van der Waals surface area contributed by atoms with Crippen LogP contribution in [0, 0.1) is 10.8 Å². The fourth-order valence-corrected chi connectivity index (χ4v) is 2.84. The molecule has 1 saturated heterocycles. The van der Waals surface area contributed by atoms with Crippen LogP contribution in [0.5, 0.6) is 0 Å². The van der Waals surface area contributed by atoms with E-state index in [1.165, 1.54) is 51.4 Å². The van der Waals surface area contributed by atoms with E-state index < -0.39 is 5.41 Å². The normalized spacial score (nSPS) is 26.1. The van der Waals surface area contributed by atoms with E-state index >= 15 is 0 Å². The molecule has 1 rings (SSSR count). The molecule has 2 heteroatoms. The number of hydrogen-bond acceptors (Lipinski definition) is 2. The Morgan fingerprint density at radius 3 is 1.75 bits per heavy atom. The summed E-state index contributed by atoms with van der Waals surface area (Å²) in [7, 11) is 0. The summed E-state index contributed by atoms with van der Waals surface area (Å²) in [5, 5.41) is 0. The third-order valence-electron chi connectivity index (χ3n) is 5.38. The minimum absolute atomic E-state index is 0.00423. The van der Waals surface area contributed by atoms with Gasteiger partial charge in [-0.05, 0) is 32.1 Å². The monoisotopic (exact) mass is 282 g/mol. The highest BCUT2D eigenvalue weighted by Gasteiger charge is 2.43. The Labute approximate surface area is 125 Å². The molecule has 20 heavy (non-hydrogen) atoms. The van der Waals surface area contributed by atoms with Crippen LogP contribution in [0.15, 0.2) is 0 Å². The van der Waals surface area contributed by atoms with E-state index in [2.05, 4.69) is 13.8 Å². The van der Waals surface area contributed by atoms with Crippen LogP contribution in [-0.4, -0.2) is 12.6 Å². The van der Waals surface area contributed by atoms with Gasteiger partial charge >= 0.3 is 5.97 Å². The Morgan fingerprint density at radius 2 is 1.20 bits per heavy atom. The van der Waals surface area contributed by atoms with Crippen molar-refractivity contribution in [2.75, 3.05) is 6.61 Å². The van der Waals surface area contributed by atoms with Gasteiger partial charge in [-0.3, -0.25) is 4.79 Å². The summed E-state index contributed by atoms with van der Waals surface area (Å²) >= 11 is 0. The molecule has 0 bridgehead atoms. The molecule has 0 N–H and O–H groups in total. The Bertz CT molecular complexity index is 292. The first-order valence-electron chi connectivity index (χ1n) is 8.55. The molecule has 0 saturated carbocycles. The second kappa shape index (κ2) is 8.05. The summed E-state index contributed by atoms with van der Waals surface area (Å²) in [6.45, 7) is 9.12. The summed E-state index contributed by atoms with van der Waals surface area (Å²) in [4.78, 5) is 12.4. The molecule has 118 valence electrons. The van der Waals surface area contributed by atoms with Crippen LogP contribution >= 0.6 is 0 Å². The molecule has 0 radical (unpaired) electrons. The number of cyclic esters (lactones) is 1. The van der Waals surface area contributed by atoms with Crippen molar-refractivity contribution in [3.05, 3.63) is 0 Å². The minimum Gasteiger partial charge on any atom is -0.465 e. The second-order valence-corrected chi connectivity index (χ2v) is 7.58. The summed E-state index contributed by atoms with van der Waals surface area (Å²) < 4.78 is 5.53. The van der Waals surface area contributed by atoms with Crippen molar-refractivity contribution in [1.29, 1.82) is 0 Å². The zero-order valence-electron chi connectivity index (χ0n) is 14.1. The molecular weight excluding hydrogens is 248 g/mol. The first kappa shape index (κ1) is 17.5. The van der Waals surface area contributed by atoms with Crippen LogP contribution in [0.2, 0.25) is 0 Å². The van der Waals surface area contributed by atoms with Crippen LogP contribution < -0.4 is 0 Å². The van der Waals surface area contributed by atoms with E-state index in [-0.39, 0.29) is 11.4 Å². The second-order valence-electron chi connectivity index (χ2n) is 7.58. The molecule has 2 nitrogen and oxygen atoms in total. The van der Waals surface area contributed by atoms with Crippen LogP contribution in [0.3, 0.4) is 0 Å². The molecule has 1 fully saturated rings. The molecule has 0 amide bonds. The van der Waals surface area contributed by atoms with E-state index in [1.807, 2.05) is 13.8 Å². The van der Waals surface area contributed by atoms with Crippen LogP contribution in [0.1, 0.15) is 91.9 Å². The molecule has 0 aromatic heterocycles. The predicted octanol–water partition coefficient (Wildman–Crippen LogP) is 5.50. The van der Waals surface area contributed by atoms with Gasteiger partial charge in [0.1, 0.15) is 0 Å². The zero-order valence-corrected chi connectivity index (χ0v) is 14.1. The maximum Gasteiger partial charge on any atom is 0.312 e. The smallest absolute Gasteiger partial charge is 0.312 e. The van der Waals surface area contributed by atoms with Gasteiger partial charge in [-0.2, -0.15) is 0 Å². The molecule has 0 spiro atoms. The van der Waals surface area contributed by atoms with Crippen molar-refractivity contribution < 1.29 is 9.53 Å². The van der Waals surface area contributed by atoms with Gasteiger partial charge in [0.05, 0.1) is 12.0 Å². The zero-order chi connectivity index (χ0) is 15.1. The standard InChI is InChI=1S/C18H34O2/c1-17(2)14-12-10-8-6-5-7-9-11-13-15-20-16(19)18(17,3)4/h5-15H2,1-4H3. The van der Waals surface area contributed by atoms with Crippen LogP contribution in [0.4, 0.5) is 0 Å². The maximum absolute atomic E-state index is 12.4. The van der Waals surface area contributed by atoms with E-state index in [9.17, 15) is 4.79 Å². The van der Waals surface area contributed by atoms with Gasteiger partial charge in [-0.15, -0.1) is 0 Å². The molecule has 1 aliphatic heterocycles. The van der Waals surface area contributed by atoms with E-state index in [4.69, 9.17) is 4.74 Å². The molecule has 1 heterocycles. The highest BCUT2D eigenvalue weighted by Crippen LogP contribution is 2.43. The molecule has 0 atom stereocenters. The lowest BCUT2D eigenvalue weighted by Crippen LogP contribution is -2.41. The van der Waals surface area contributed by atoms with Crippen molar-refractivity contribution >= 4 is 5.97 Å². The van der Waals surface area contributed by atoms with E-state index in [1.54, 1.807) is 0 Å². The van der Waals surface area contributed by atoms with Gasteiger partial charge in [0.2, 0.25) is 0 Å². The van der Waals surface area contributed by atoms with Gasteiger partial charge in [-0.1, -0.05) is 65.2 Å². The van der Waals surface area contributed by atoms with Crippen molar-refractivity contribution in [1.82, 2.24) is 0 Å². The van der Waals surface area contributed by atoms with Crippen molar-refractivity contribution in [2.45, 2.75) is 91.9 Å². The summed E-state index contributed by atoms with van der Waals surface area (Å²) in [6, 6.07) is 0. The molecular formula is C18H34O2. The van der Waals surface area contributed by atoms with Crippen molar-refractivity contribution in [3.8, 4) is 0 Å². The maximum atomic E-state index is 12.4.